The average molecular weight is 168 g/mol. The maximum absolute atomic E-state index is 11.2. The van der Waals surface area contributed by atoms with E-state index >= 15 is 0 Å². The highest BCUT2D eigenvalue weighted by atomic mass is 16.3. The SMILES string of the molecule is CC1=CCC(CC(C)O)CC1=O. The highest BCUT2D eigenvalue weighted by Gasteiger charge is 2.20. The zero-order chi connectivity index (χ0) is 9.14. The fourth-order valence-electron chi connectivity index (χ4n) is 1.63. The average Bonchev–Trinajstić information content (AvgIpc) is 1.96. The highest BCUT2D eigenvalue weighted by Crippen LogP contribution is 2.24. The number of hydrogen-bond donors (Lipinski definition) is 1. The zero-order valence-electron chi connectivity index (χ0n) is 7.71. The van der Waals surface area contributed by atoms with Crippen LogP contribution in [0, 0.1) is 5.92 Å². The van der Waals surface area contributed by atoms with Gasteiger partial charge in [-0.3, -0.25) is 4.79 Å². The molecule has 0 bridgehead atoms. The van der Waals surface area contributed by atoms with E-state index in [1.165, 1.54) is 0 Å². The molecule has 1 aliphatic carbocycles. The molecule has 1 rings (SSSR count). The quantitative estimate of drug-likeness (QED) is 0.681. The zero-order valence-corrected chi connectivity index (χ0v) is 7.71. The van der Waals surface area contributed by atoms with Gasteiger partial charge in [0.2, 0.25) is 0 Å². The molecule has 0 aliphatic heterocycles. The molecule has 1 aliphatic rings. The first-order valence-electron chi connectivity index (χ1n) is 4.47. The minimum Gasteiger partial charge on any atom is -0.393 e. The van der Waals surface area contributed by atoms with Crippen LogP contribution in [0.5, 0.6) is 0 Å². The molecule has 0 radical (unpaired) electrons. The fraction of sp³-hybridized carbons (Fsp3) is 0.700. The summed E-state index contributed by atoms with van der Waals surface area (Å²) in [5.41, 5.74) is 0.886. The van der Waals surface area contributed by atoms with E-state index in [0.29, 0.717) is 12.3 Å². The van der Waals surface area contributed by atoms with Crippen molar-refractivity contribution < 1.29 is 9.90 Å². The number of carbonyl (C=O) groups is 1. The summed E-state index contributed by atoms with van der Waals surface area (Å²) in [6.07, 6.45) is 4.01. The monoisotopic (exact) mass is 168 g/mol. The van der Waals surface area contributed by atoms with E-state index in [2.05, 4.69) is 0 Å². The van der Waals surface area contributed by atoms with E-state index in [9.17, 15) is 4.79 Å². The molecule has 2 unspecified atom stereocenters. The highest BCUT2D eigenvalue weighted by molar-refractivity contribution is 5.95. The molecule has 2 atom stereocenters. The first kappa shape index (κ1) is 9.46. The van der Waals surface area contributed by atoms with Crippen molar-refractivity contribution in [1.29, 1.82) is 0 Å². The predicted octanol–water partition coefficient (Wildman–Crippen LogP) is 1.68. The predicted molar refractivity (Wildman–Crippen MR) is 47.8 cm³/mol. The molecule has 0 fully saturated rings. The van der Waals surface area contributed by atoms with Crippen LogP contribution in [-0.2, 0) is 4.79 Å². The van der Waals surface area contributed by atoms with Gasteiger partial charge in [-0.2, -0.15) is 0 Å². The van der Waals surface area contributed by atoms with Crippen molar-refractivity contribution in [3.8, 4) is 0 Å². The second-order valence-electron chi connectivity index (χ2n) is 3.70. The van der Waals surface area contributed by atoms with Gasteiger partial charge in [0.1, 0.15) is 0 Å². The molecular formula is C10H16O2. The molecule has 68 valence electrons. The Morgan fingerprint density at radius 3 is 2.92 bits per heavy atom. The molecule has 0 spiro atoms. The molecule has 12 heavy (non-hydrogen) atoms. The second kappa shape index (κ2) is 3.85. The number of Topliss-reactive ketones (excluding diaryl/α,β-unsaturated/α-hetero) is 1. The maximum atomic E-state index is 11.2. The third-order valence-electron chi connectivity index (χ3n) is 2.35. The van der Waals surface area contributed by atoms with Gasteiger partial charge in [-0.05, 0) is 38.2 Å². The summed E-state index contributed by atoms with van der Waals surface area (Å²) in [6, 6.07) is 0. The molecule has 0 aromatic heterocycles. The fourth-order valence-corrected chi connectivity index (χ4v) is 1.63. The van der Waals surface area contributed by atoms with Crippen LogP contribution >= 0.6 is 0 Å². The van der Waals surface area contributed by atoms with Gasteiger partial charge < -0.3 is 5.11 Å². The maximum Gasteiger partial charge on any atom is 0.158 e. The van der Waals surface area contributed by atoms with Gasteiger partial charge in [-0.15, -0.1) is 0 Å². The summed E-state index contributed by atoms with van der Waals surface area (Å²) in [7, 11) is 0. The molecule has 2 nitrogen and oxygen atoms in total. The lowest BCUT2D eigenvalue weighted by Crippen LogP contribution is -2.18. The normalized spacial score (nSPS) is 26.8. The van der Waals surface area contributed by atoms with Crippen LogP contribution in [0.2, 0.25) is 0 Å². The van der Waals surface area contributed by atoms with Crippen molar-refractivity contribution in [2.45, 2.75) is 39.2 Å². The second-order valence-corrected chi connectivity index (χ2v) is 3.70. The summed E-state index contributed by atoms with van der Waals surface area (Å²) in [6.45, 7) is 3.64. The van der Waals surface area contributed by atoms with Crippen LogP contribution in [0.1, 0.15) is 33.1 Å². The summed E-state index contributed by atoms with van der Waals surface area (Å²) in [4.78, 5) is 11.2. The van der Waals surface area contributed by atoms with Crippen LogP contribution in [0.25, 0.3) is 0 Å². The van der Waals surface area contributed by atoms with E-state index in [1.807, 2.05) is 13.0 Å². The Balaban J connectivity index is 2.48. The minimum atomic E-state index is -0.283. The van der Waals surface area contributed by atoms with Gasteiger partial charge in [0.05, 0.1) is 6.10 Å². The molecule has 0 saturated carbocycles. The van der Waals surface area contributed by atoms with Gasteiger partial charge >= 0.3 is 0 Å². The number of hydrogen-bond acceptors (Lipinski definition) is 2. The topological polar surface area (TPSA) is 37.3 Å². The summed E-state index contributed by atoms with van der Waals surface area (Å²) in [5, 5.41) is 9.12. The van der Waals surface area contributed by atoms with E-state index in [4.69, 9.17) is 5.11 Å². The van der Waals surface area contributed by atoms with E-state index < -0.39 is 0 Å². The van der Waals surface area contributed by atoms with Gasteiger partial charge in [0, 0.05) is 6.42 Å². The van der Waals surface area contributed by atoms with Crippen LogP contribution in [0.15, 0.2) is 11.6 Å². The lowest BCUT2D eigenvalue weighted by Gasteiger charge is -2.20. The standard InChI is InChI=1S/C10H16O2/c1-7-3-4-9(5-8(2)11)6-10(7)12/h3,8-9,11H,4-6H2,1-2H3. The van der Waals surface area contributed by atoms with Gasteiger partial charge in [-0.25, -0.2) is 0 Å². The summed E-state index contributed by atoms with van der Waals surface area (Å²) >= 11 is 0. The largest absolute Gasteiger partial charge is 0.393 e. The molecule has 0 aromatic carbocycles. The molecular weight excluding hydrogens is 152 g/mol. The van der Waals surface area contributed by atoms with Crippen LogP contribution in [-0.4, -0.2) is 17.0 Å². The van der Waals surface area contributed by atoms with E-state index in [1.54, 1.807) is 6.92 Å². The van der Waals surface area contributed by atoms with Crippen molar-refractivity contribution in [2.24, 2.45) is 5.92 Å². The number of aliphatic hydroxyl groups excluding tert-OH is 1. The number of carbonyl (C=O) groups excluding carboxylic acids is 1. The van der Waals surface area contributed by atoms with Crippen molar-refractivity contribution in [1.82, 2.24) is 0 Å². The van der Waals surface area contributed by atoms with Crippen LogP contribution < -0.4 is 0 Å². The third kappa shape index (κ3) is 2.45. The van der Waals surface area contributed by atoms with Crippen molar-refractivity contribution in [3.05, 3.63) is 11.6 Å². The Morgan fingerprint density at radius 1 is 1.75 bits per heavy atom. The number of ketones is 1. The Bertz CT molecular complexity index is 204. The number of aliphatic hydroxyl groups is 1. The van der Waals surface area contributed by atoms with Crippen LogP contribution in [0.3, 0.4) is 0 Å². The van der Waals surface area contributed by atoms with Gasteiger partial charge in [-0.1, -0.05) is 6.08 Å². The molecule has 2 heteroatoms. The molecule has 1 N–H and O–H groups in total. The number of rotatable bonds is 2. The minimum absolute atomic E-state index is 0.243. The van der Waals surface area contributed by atoms with E-state index in [0.717, 1.165) is 18.4 Å². The van der Waals surface area contributed by atoms with Crippen molar-refractivity contribution in [3.63, 3.8) is 0 Å². The van der Waals surface area contributed by atoms with Gasteiger partial charge in [0.25, 0.3) is 0 Å². The first-order valence-corrected chi connectivity index (χ1v) is 4.47. The Labute approximate surface area is 73.3 Å². The molecule has 0 saturated heterocycles. The van der Waals surface area contributed by atoms with Crippen LogP contribution in [0.4, 0.5) is 0 Å². The van der Waals surface area contributed by atoms with Crippen molar-refractivity contribution in [2.75, 3.05) is 0 Å². The Hall–Kier alpha value is -0.630. The third-order valence-corrected chi connectivity index (χ3v) is 2.35. The summed E-state index contributed by atoms with van der Waals surface area (Å²) < 4.78 is 0. The Kier molecular flexibility index (Phi) is 3.04. The first-order chi connectivity index (χ1) is 5.59. The Morgan fingerprint density at radius 2 is 2.42 bits per heavy atom. The van der Waals surface area contributed by atoms with Crippen molar-refractivity contribution >= 4 is 5.78 Å². The number of allylic oxidation sites excluding steroid dienone is 2. The lowest BCUT2D eigenvalue weighted by molar-refractivity contribution is -0.117. The van der Waals surface area contributed by atoms with Gasteiger partial charge in [0.15, 0.2) is 5.78 Å². The molecule has 0 amide bonds. The lowest BCUT2D eigenvalue weighted by atomic mass is 9.86. The van der Waals surface area contributed by atoms with E-state index in [-0.39, 0.29) is 11.9 Å². The smallest absolute Gasteiger partial charge is 0.158 e. The molecule has 0 aromatic rings. The summed E-state index contributed by atoms with van der Waals surface area (Å²) in [5.74, 6) is 0.605. The molecule has 0 heterocycles.